The molecule has 2 amide bonds. The van der Waals surface area contributed by atoms with Gasteiger partial charge in [0.1, 0.15) is 12.1 Å². The van der Waals surface area contributed by atoms with E-state index in [0.717, 1.165) is 28.7 Å². The molecule has 5 rings (SSSR count). The number of nitrogens with one attached hydrogen (secondary N) is 1. The van der Waals surface area contributed by atoms with Gasteiger partial charge in [-0.2, -0.15) is 0 Å². The summed E-state index contributed by atoms with van der Waals surface area (Å²) in [4.78, 5) is 38.3. The number of aliphatic carboxylic acids is 1. The first-order valence-corrected chi connectivity index (χ1v) is 11.6. The normalized spacial score (nSPS) is 15.3. The topological polar surface area (TPSA) is 95.9 Å². The first-order chi connectivity index (χ1) is 16.9. The van der Waals surface area contributed by atoms with Gasteiger partial charge >= 0.3 is 12.1 Å². The molecule has 0 bridgehead atoms. The average molecular weight is 471 g/mol. The number of carbonyl (C=O) groups is 3. The van der Waals surface area contributed by atoms with Gasteiger partial charge in [-0.1, -0.05) is 48.5 Å². The van der Waals surface area contributed by atoms with E-state index in [1.54, 1.807) is 24.3 Å². The smallest absolute Gasteiger partial charge is 0.411 e. The van der Waals surface area contributed by atoms with Gasteiger partial charge in [-0.25, -0.2) is 9.59 Å². The van der Waals surface area contributed by atoms with Gasteiger partial charge in [0, 0.05) is 24.2 Å². The molecule has 35 heavy (non-hydrogen) atoms. The predicted molar refractivity (Wildman–Crippen MR) is 131 cm³/mol. The summed E-state index contributed by atoms with van der Waals surface area (Å²) >= 11 is 0. The number of nitrogens with zero attached hydrogens (tertiary/aromatic N) is 1. The lowest BCUT2D eigenvalue weighted by atomic mass is 9.75. The highest BCUT2D eigenvalue weighted by atomic mass is 16.5. The maximum atomic E-state index is 12.8. The van der Waals surface area contributed by atoms with E-state index in [-0.39, 0.29) is 18.4 Å². The van der Waals surface area contributed by atoms with E-state index in [4.69, 9.17) is 4.74 Å². The Labute approximate surface area is 203 Å². The Kier molecular flexibility index (Phi) is 5.76. The van der Waals surface area contributed by atoms with E-state index >= 15 is 0 Å². The highest BCUT2D eigenvalue weighted by Gasteiger charge is 2.49. The van der Waals surface area contributed by atoms with Crippen LogP contribution in [0.15, 0.2) is 72.8 Å². The molecule has 3 aromatic carbocycles. The summed E-state index contributed by atoms with van der Waals surface area (Å²) < 4.78 is 5.56. The molecular formula is C28H26N2O5. The number of likely N-dealkylation sites (N-methyl/N-ethyl adjacent to an activating group) is 1. The summed E-state index contributed by atoms with van der Waals surface area (Å²) in [5.41, 5.74) is 4.31. The summed E-state index contributed by atoms with van der Waals surface area (Å²) in [7, 11) is 1.53. The fourth-order valence-electron chi connectivity index (χ4n) is 5.04. The molecule has 3 aromatic rings. The zero-order valence-corrected chi connectivity index (χ0v) is 19.4. The first kappa shape index (κ1) is 22.7. The van der Waals surface area contributed by atoms with Crippen LogP contribution in [0.1, 0.15) is 46.7 Å². The Morgan fingerprint density at radius 2 is 1.51 bits per heavy atom. The molecule has 2 aliphatic rings. The van der Waals surface area contributed by atoms with Crippen molar-refractivity contribution in [3.63, 3.8) is 0 Å². The first-order valence-electron chi connectivity index (χ1n) is 11.6. The molecule has 2 aliphatic carbocycles. The van der Waals surface area contributed by atoms with Crippen LogP contribution in [-0.4, -0.2) is 47.2 Å². The minimum absolute atomic E-state index is 0.0308. The third-order valence-electron chi connectivity index (χ3n) is 7.25. The Morgan fingerprint density at radius 1 is 0.943 bits per heavy atom. The zero-order valence-electron chi connectivity index (χ0n) is 19.4. The van der Waals surface area contributed by atoms with Crippen molar-refractivity contribution in [1.82, 2.24) is 4.90 Å². The molecule has 2 N–H and O–H groups in total. The standard InChI is InChI=1S/C28H26N2O5/c1-30(28(26(32)33)15-6-16-28)25(31)18-11-13-19(14-12-18)29-27(34)35-17-24-22-9-4-2-7-20(22)21-8-3-5-10-23(21)24/h2-5,7-14,24H,6,15-17H2,1H3,(H,29,34)(H,32,33). The number of rotatable bonds is 6. The van der Waals surface area contributed by atoms with Crippen LogP contribution < -0.4 is 5.32 Å². The molecule has 0 radical (unpaired) electrons. The third-order valence-corrected chi connectivity index (χ3v) is 7.25. The number of benzene rings is 3. The Hall–Kier alpha value is -4.13. The third kappa shape index (κ3) is 3.93. The Morgan fingerprint density at radius 3 is 2.03 bits per heavy atom. The van der Waals surface area contributed by atoms with E-state index in [1.807, 2.05) is 24.3 Å². The van der Waals surface area contributed by atoms with Crippen molar-refractivity contribution in [2.75, 3.05) is 19.0 Å². The van der Waals surface area contributed by atoms with Gasteiger partial charge in [0.15, 0.2) is 0 Å². The molecule has 0 heterocycles. The molecule has 7 nitrogen and oxygen atoms in total. The molecule has 0 aromatic heterocycles. The van der Waals surface area contributed by atoms with Crippen molar-refractivity contribution in [1.29, 1.82) is 0 Å². The van der Waals surface area contributed by atoms with Crippen LogP contribution in [0.3, 0.4) is 0 Å². The van der Waals surface area contributed by atoms with Crippen LogP contribution in [0.25, 0.3) is 11.1 Å². The van der Waals surface area contributed by atoms with E-state index in [9.17, 15) is 19.5 Å². The summed E-state index contributed by atoms with van der Waals surface area (Å²) in [6.45, 7) is 0.207. The van der Waals surface area contributed by atoms with Gasteiger partial charge in [0.2, 0.25) is 0 Å². The number of carbonyl (C=O) groups excluding carboxylic acids is 2. The highest BCUT2D eigenvalue weighted by molar-refractivity contribution is 5.98. The van der Waals surface area contributed by atoms with Gasteiger partial charge < -0.3 is 14.7 Å². The predicted octanol–water partition coefficient (Wildman–Crippen LogP) is 5.13. The second-order valence-corrected chi connectivity index (χ2v) is 9.08. The zero-order chi connectivity index (χ0) is 24.6. The van der Waals surface area contributed by atoms with Gasteiger partial charge in [0.05, 0.1) is 0 Å². The fraction of sp³-hybridized carbons (Fsp3) is 0.250. The van der Waals surface area contributed by atoms with Gasteiger partial charge in [-0.3, -0.25) is 10.1 Å². The second kappa shape index (κ2) is 8.91. The lowest BCUT2D eigenvalue weighted by molar-refractivity contribution is -0.154. The maximum Gasteiger partial charge on any atom is 0.411 e. The van der Waals surface area contributed by atoms with Crippen LogP contribution >= 0.6 is 0 Å². The summed E-state index contributed by atoms with van der Waals surface area (Å²) in [5.74, 6) is -1.37. The molecule has 178 valence electrons. The van der Waals surface area contributed by atoms with E-state index in [0.29, 0.717) is 24.1 Å². The van der Waals surface area contributed by atoms with E-state index < -0.39 is 17.6 Å². The highest BCUT2D eigenvalue weighted by Crippen LogP contribution is 2.44. The van der Waals surface area contributed by atoms with Crippen LogP contribution in [0.4, 0.5) is 10.5 Å². The van der Waals surface area contributed by atoms with Gasteiger partial charge in [-0.15, -0.1) is 0 Å². The molecule has 0 aliphatic heterocycles. The van der Waals surface area contributed by atoms with Crippen molar-refractivity contribution in [3.8, 4) is 11.1 Å². The second-order valence-electron chi connectivity index (χ2n) is 9.08. The number of fused-ring (bicyclic) bond motifs is 3. The van der Waals surface area contributed by atoms with E-state index in [1.165, 1.54) is 11.9 Å². The largest absolute Gasteiger partial charge is 0.479 e. The van der Waals surface area contributed by atoms with Crippen molar-refractivity contribution in [2.45, 2.75) is 30.7 Å². The fourth-order valence-corrected chi connectivity index (χ4v) is 5.04. The number of ether oxygens (including phenoxy) is 1. The number of carboxylic acid groups (broad SMARTS) is 1. The van der Waals surface area contributed by atoms with Gasteiger partial charge in [0.25, 0.3) is 5.91 Å². The van der Waals surface area contributed by atoms with Crippen LogP contribution in [-0.2, 0) is 9.53 Å². The molecule has 1 fully saturated rings. The monoisotopic (exact) mass is 470 g/mol. The van der Waals surface area contributed by atoms with Crippen LogP contribution in [0.2, 0.25) is 0 Å². The van der Waals surface area contributed by atoms with Gasteiger partial charge in [-0.05, 0) is 65.8 Å². The van der Waals surface area contributed by atoms with Crippen LogP contribution in [0, 0.1) is 0 Å². The Bertz CT molecular complexity index is 1250. The number of anilines is 1. The quantitative estimate of drug-likeness (QED) is 0.521. The molecular weight excluding hydrogens is 444 g/mol. The number of hydrogen-bond donors (Lipinski definition) is 2. The summed E-state index contributed by atoms with van der Waals surface area (Å²) in [5, 5.41) is 12.3. The van der Waals surface area contributed by atoms with Crippen molar-refractivity contribution < 1.29 is 24.2 Å². The molecule has 0 saturated heterocycles. The Balaban J connectivity index is 1.21. The lowest BCUT2D eigenvalue weighted by Crippen LogP contribution is -2.59. The molecule has 0 unspecified atom stereocenters. The number of amides is 2. The van der Waals surface area contributed by atoms with Crippen molar-refractivity contribution in [3.05, 3.63) is 89.5 Å². The summed E-state index contributed by atoms with van der Waals surface area (Å²) in [6.07, 6.45) is 1.10. The molecule has 1 saturated carbocycles. The SMILES string of the molecule is CN(C(=O)c1ccc(NC(=O)OCC2c3ccccc3-c3ccccc32)cc1)C1(C(=O)O)CCC1. The maximum absolute atomic E-state index is 12.8. The van der Waals surface area contributed by atoms with Crippen molar-refractivity contribution >= 4 is 23.7 Å². The minimum Gasteiger partial charge on any atom is -0.479 e. The number of carboxylic acids is 1. The van der Waals surface area contributed by atoms with Crippen molar-refractivity contribution in [2.24, 2.45) is 0 Å². The minimum atomic E-state index is -1.13. The average Bonchev–Trinajstić information content (AvgIpc) is 3.15. The molecule has 0 atom stereocenters. The number of hydrogen-bond acceptors (Lipinski definition) is 4. The molecule has 7 heteroatoms. The van der Waals surface area contributed by atoms with E-state index in [2.05, 4.69) is 29.6 Å². The van der Waals surface area contributed by atoms with Crippen LogP contribution in [0.5, 0.6) is 0 Å². The lowest BCUT2D eigenvalue weighted by Gasteiger charge is -2.44. The summed E-state index contributed by atoms with van der Waals surface area (Å²) in [6, 6.07) is 22.6. The molecule has 0 spiro atoms.